The quantitative estimate of drug-likeness (QED) is 0.650. The van der Waals surface area contributed by atoms with Gasteiger partial charge >= 0.3 is 6.03 Å². The minimum atomic E-state index is -0.113. The molecule has 0 heterocycles. The molecule has 0 aromatic rings. The number of likely N-dealkylation sites (N-methyl/N-ethyl adjacent to an activating group) is 1. The number of nitrogens with zero attached hydrogens (tertiary/aromatic N) is 1. The van der Waals surface area contributed by atoms with E-state index < -0.39 is 0 Å². The van der Waals surface area contributed by atoms with Gasteiger partial charge in [-0.2, -0.15) is 11.8 Å². The van der Waals surface area contributed by atoms with Gasteiger partial charge in [-0.05, 0) is 24.9 Å². The van der Waals surface area contributed by atoms with Gasteiger partial charge < -0.3 is 15.3 Å². The molecule has 15 heavy (non-hydrogen) atoms. The topological polar surface area (TPSA) is 52.6 Å². The fourth-order valence-corrected chi connectivity index (χ4v) is 1.86. The molecule has 2 N–H and O–H groups in total. The van der Waals surface area contributed by atoms with Crippen LogP contribution in [0.5, 0.6) is 0 Å². The van der Waals surface area contributed by atoms with Gasteiger partial charge in [0.2, 0.25) is 0 Å². The van der Waals surface area contributed by atoms with Gasteiger partial charge in [-0.3, -0.25) is 0 Å². The molecule has 0 saturated carbocycles. The molecule has 0 aliphatic rings. The Morgan fingerprint density at radius 2 is 2.27 bits per heavy atom. The monoisotopic (exact) mass is 234 g/mol. The summed E-state index contributed by atoms with van der Waals surface area (Å²) in [6.07, 6.45) is 0.983. The molecule has 0 radical (unpaired) electrons. The molecule has 5 heteroatoms. The van der Waals surface area contributed by atoms with E-state index in [0.29, 0.717) is 6.54 Å². The van der Waals surface area contributed by atoms with Gasteiger partial charge in [0.1, 0.15) is 0 Å². The zero-order chi connectivity index (χ0) is 11.7. The highest BCUT2D eigenvalue weighted by Gasteiger charge is 2.10. The van der Waals surface area contributed by atoms with Crippen molar-refractivity contribution in [2.75, 3.05) is 31.7 Å². The molecule has 1 atom stereocenters. The molecule has 0 bridgehead atoms. The fourth-order valence-electron chi connectivity index (χ4n) is 1.05. The lowest BCUT2D eigenvalue weighted by molar-refractivity contribution is 0.187. The molecule has 2 amide bonds. The van der Waals surface area contributed by atoms with Gasteiger partial charge in [-0.25, -0.2) is 4.79 Å². The number of rotatable bonds is 7. The number of nitrogens with one attached hydrogen (secondary N) is 1. The molecule has 0 aromatic carbocycles. The van der Waals surface area contributed by atoms with Gasteiger partial charge in [-0.1, -0.05) is 6.92 Å². The molecule has 0 aliphatic carbocycles. The lowest BCUT2D eigenvalue weighted by Crippen LogP contribution is -2.43. The van der Waals surface area contributed by atoms with Crippen molar-refractivity contribution >= 4 is 17.8 Å². The third-order valence-electron chi connectivity index (χ3n) is 2.05. The van der Waals surface area contributed by atoms with Crippen molar-refractivity contribution in [2.24, 2.45) is 0 Å². The normalized spacial score (nSPS) is 12.3. The Bertz CT molecular complexity index is 179. The number of aliphatic hydroxyl groups excluding tert-OH is 1. The number of hydrogen-bond donors (Lipinski definition) is 2. The number of hydrogen-bond acceptors (Lipinski definition) is 3. The summed E-state index contributed by atoms with van der Waals surface area (Å²) >= 11 is 1.88. The Kier molecular flexibility index (Phi) is 8.61. The highest BCUT2D eigenvalue weighted by molar-refractivity contribution is 7.99. The van der Waals surface area contributed by atoms with Crippen LogP contribution < -0.4 is 5.32 Å². The summed E-state index contributed by atoms with van der Waals surface area (Å²) in [4.78, 5) is 13.0. The molecular formula is C10H22N2O2S. The molecule has 0 spiro atoms. The van der Waals surface area contributed by atoms with Crippen LogP contribution in [0.4, 0.5) is 4.79 Å². The molecule has 1 unspecified atom stereocenters. The average molecular weight is 234 g/mol. The van der Waals surface area contributed by atoms with E-state index in [1.807, 2.05) is 18.7 Å². The van der Waals surface area contributed by atoms with Crippen LogP contribution in [0.1, 0.15) is 20.3 Å². The van der Waals surface area contributed by atoms with E-state index in [0.717, 1.165) is 17.9 Å². The van der Waals surface area contributed by atoms with Crippen molar-refractivity contribution in [3.63, 3.8) is 0 Å². The Labute approximate surface area is 96.4 Å². The van der Waals surface area contributed by atoms with E-state index in [1.54, 1.807) is 7.05 Å². The van der Waals surface area contributed by atoms with Crippen LogP contribution in [-0.2, 0) is 0 Å². The molecule has 0 aromatic heterocycles. The van der Waals surface area contributed by atoms with Crippen LogP contribution in [0.25, 0.3) is 0 Å². The summed E-state index contributed by atoms with van der Waals surface area (Å²) in [6, 6.07) is 0.0794. The molecule has 4 nitrogen and oxygen atoms in total. The zero-order valence-corrected chi connectivity index (χ0v) is 10.6. The first-order chi connectivity index (χ1) is 7.11. The second-order valence-corrected chi connectivity index (χ2v) is 4.88. The molecule has 0 saturated heterocycles. The smallest absolute Gasteiger partial charge is 0.317 e. The van der Waals surface area contributed by atoms with Gasteiger partial charge in [0.15, 0.2) is 0 Å². The van der Waals surface area contributed by atoms with Crippen LogP contribution >= 0.6 is 11.8 Å². The summed E-state index contributed by atoms with van der Waals surface area (Å²) < 4.78 is 0. The van der Waals surface area contributed by atoms with Crippen molar-refractivity contribution in [1.29, 1.82) is 0 Å². The maximum atomic E-state index is 11.5. The highest BCUT2D eigenvalue weighted by Crippen LogP contribution is 2.03. The van der Waals surface area contributed by atoms with Crippen molar-refractivity contribution < 1.29 is 9.90 Å². The summed E-state index contributed by atoms with van der Waals surface area (Å²) in [5, 5.41) is 11.6. The fraction of sp³-hybridized carbons (Fsp3) is 0.900. The van der Waals surface area contributed by atoms with Crippen LogP contribution in [0.2, 0.25) is 0 Å². The van der Waals surface area contributed by atoms with Crippen LogP contribution in [0, 0.1) is 0 Å². The number of urea groups is 1. The average Bonchev–Trinajstić information content (AvgIpc) is 2.18. The molecule has 0 aliphatic heterocycles. The van der Waals surface area contributed by atoms with Crippen molar-refractivity contribution in [3.05, 3.63) is 0 Å². The SMILES string of the molecule is CCSCCC(C)NC(=O)N(C)CCO. The van der Waals surface area contributed by atoms with Crippen LogP contribution in [0.15, 0.2) is 0 Å². The van der Waals surface area contributed by atoms with E-state index in [9.17, 15) is 4.79 Å². The van der Waals surface area contributed by atoms with Gasteiger partial charge in [0, 0.05) is 19.6 Å². The predicted octanol–water partition coefficient (Wildman–Crippen LogP) is 1.15. The second-order valence-electron chi connectivity index (χ2n) is 3.48. The van der Waals surface area contributed by atoms with Crippen molar-refractivity contribution in [2.45, 2.75) is 26.3 Å². The number of thioether (sulfide) groups is 1. The Morgan fingerprint density at radius 3 is 2.80 bits per heavy atom. The summed E-state index contributed by atoms with van der Waals surface area (Å²) in [6.45, 7) is 4.51. The number of carbonyl (C=O) groups excluding carboxylic acids is 1. The summed E-state index contributed by atoms with van der Waals surface area (Å²) in [5.41, 5.74) is 0. The first-order valence-corrected chi connectivity index (χ1v) is 6.47. The third kappa shape index (κ3) is 7.50. The Balaban J connectivity index is 3.65. The van der Waals surface area contributed by atoms with Crippen molar-refractivity contribution in [3.8, 4) is 0 Å². The number of amides is 2. The second kappa shape index (κ2) is 8.85. The maximum absolute atomic E-state index is 11.5. The first-order valence-electron chi connectivity index (χ1n) is 5.32. The van der Waals surface area contributed by atoms with Crippen LogP contribution in [-0.4, -0.2) is 53.8 Å². The number of aliphatic hydroxyl groups is 1. The minimum Gasteiger partial charge on any atom is -0.395 e. The van der Waals surface area contributed by atoms with E-state index in [-0.39, 0.29) is 18.7 Å². The zero-order valence-electron chi connectivity index (χ0n) is 9.82. The van der Waals surface area contributed by atoms with Gasteiger partial charge in [0.25, 0.3) is 0 Å². The minimum absolute atomic E-state index is 0.00396. The summed E-state index contributed by atoms with van der Waals surface area (Å²) in [5.74, 6) is 2.19. The molecular weight excluding hydrogens is 212 g/mol. The summed E-state index contributed by atoms with van der Waals surface area (Å²) in [7, 11) is 1.68. The first kappa shape index (κ1) is 14.6. The van der Waals surface area contributed by atoms with Crippen molar-refractivity contribution in [1.82, 2.24) is 10.2 Å². The molecule has 0 fully saturated rings. The largest absolute Gasteiger partial charge is 0.395 e. The van der Waals surface area contributed by atoms with Gasteiger partial charge in [0.05, 0.1) is 6.61 Å². The van der Waals surface area contributed by atoms with E-state index in [2.05, 4.69) is 12.2 Å². The molecule has 0 rings (SSSR count). The molecule has 90 valence electrons. The van der Waals surface area contributed by atoms with Gasteiger partial charge in [-0.15, -0.1) is 0 Å². The highest BCUT2D eigenvalue weighted by atomic mass is 32.2. The predicted molar refractivity (Wildman–Crippen MR) is 65.3 cm³/mol. The Morgan fingerprint density at radius 1 is 1.60 bits per heavy atom. The number of carbonyl (C=O) groups is 1. The lowest BCUT2D eigenvalue weighted by Gasteiger charge is -2.20. The third-order valence-corrected chi connectivity index (χ3v) is 2.98. The van der Waals surface area contributed by atoms with E-state index >= 15 is 0 Å². The maximum Gasteiger partial charge on any atom is 0.317 e. The standard InChI is InChI=1S/C10H22N2O2S/c1-4-15-8-5-9(2)11-10(14)12(3)6-7-13/h9,13H,4-8H2,1-3H3,(H,11,14). The van der Waals surface area contributed by atoms with E-state index in [1.165, 1.54) is 4.90 Å². The van der Waals surface area contributed by atoms with E-state index in [4.69, 9.17) is 5.11 Å². The van der Waals surface area contributed by atoms with Crippen LogP contribution in [0.3, 0.4) is 0 Å². The lowest BCUT2D eigenvalue weighted by atomic mass is 10.3. The Hall–Kier alpha value is -0.420.